The van der Waals surface area contributed by atoms with E-state index in [9.17, 15) is 0 Å². The number of terminal acetylenes is 1. The molecule has 2 aliphatic rings. The Balaban J connectivity index is 2.03. The van der Waals surface area contributed by atoms with Gasteiger partial charge in [0, 0.05) is 7.05 Å². The Morgan fingerprint density at radius 2 is 2.45 bits per heavy atom. The van der Waals surface area contributed by atoms with Crippen molar-refractivity contribution in [2.75, 3.05) is 33.2 Å². The van der Waals surface area contributed by atoms with Crippen LogP contribution in [0.15, 0.2) is 0 Å². The van der Waals surface area contributed by atoms with Gasteiger partial charge in [0.1, 0.15) is 14.4 Å². The van der Waals surface area contributed by atoms with Crippen LogP contribution >= 0.6 is 8.07 Å². The Morgan fingerprint density at radius 3 is 2.91 bits per heavy atom. The summed E-state index contributed by atoms with van der Waals surface area (Å²) in [5.41, 5.74) is 0. The first-order chi connectivity index (χ1) is 5.17. The molecule has 0 saturated carbocycles. The second-order valence-electron chi connectivity index (χ2n) is 3.42. The van der Waals surface area contributed by atoms with Crippen LogP contribution in [0.5, 0.6) is 0 Å². The topological polar surface area (TPSA) is 6.48 Å². The Hall–Kier alpha value is -0.130. The molecule has 0 aromatic carbocycles. The van der Waals surface area contributed by atoms with E-state index >= 15 is 0 Å². The summed E-state index contributed by atoms with van der Waals surface area (Å²) in [5, 5.41) is 2.27. The third kappa shape index (κ3) is 0.847. The lowest BCUT2D eigenvalue weighted by molar-refractivity contribution is -1.03. The summed E-state index contributed by atoms with van der Waals surface area (Å²) in [6, 6.07) is 0. The quantitative estimate of drug-likeness (QED) is 0.320. The van der Waals surface area contributed by atoms with Gasteiger partial charge in [-0.3, -0.25) is 0 Å². The Bertz CT molecular complexity index is 220. The van der Waals surface area contributed by atoms with Crippen LogP contribution < -0.4 is 0 Å². The van der Waals surface area contributed by atoms with Crippen LogP contribution in [0.4, 0.5) is 0 Å². The second-order valence-corrected chi connectivity index (χ2v) is 5.35. The van der Waals surface area contributed by atoms with Gasteiger partial charge in [-0.05, 0) is 5.92 Å². The summed E-state index contributed by atoms with van der Waals surface area (Å²) >= 11 is 0. The van der Waals surface area contributed by atoms with Crippen molar-refractivity contribution in [1.29, 1.82) is 0 Å². The third-order valence-corrected chi connectivity index (χ3v) is 5.17. The van der Waals surface area contributed by atoms with Crippen LogP contribution in [0.25, 0.3) is 0 Å². The molecule has 2 aliphatic heterocycles. The zero-order valence-corrected chi connectivity index (χ0v) is 7.88. The van der Waals surface area contributed by atoms with Crippen molar-refractivity contribution in [2.45, 2.75) is 0 Å². The number of quaternary nitrogens is 1. The molecule has 2 heterocycles. The zero-order valence-electron chi connectivity index (χ0n) is 6.99. The highest BCUT2D eigenvalue weighted by atomic mass is 31.1. The number of hydrazine groups is 1. The van der Waals surface area contributed by atoms with Crippen molar-refractivity contribution in [3.05, 3.63) is 0 Å². The number of nitrogens with zero attached hydrogens (tertiary/aromatic N) is 3. The largest absolute Gasteiger partial charge is 0.213 e. The van der Waals surface area contributed by atoms with Gasteiger partial charge < -0.3 is 0 Å². The minimum Gasteiger partial charge on any atom is -0.213 e. The molecule has 0 aromatic rings. The zero-order chi connectivity index (χ0) is 8.06. The Kier molecular flexibility index (Phi) is 1.49. The fourth-order valence-corrected chi connectivity index (χ4v) is 4.58. The van der Waals surface area contributed by atoms with Crippen molar-refractivity contribution < 1.29 is 4.59 Å². The van der Waals surface area contributed by atoms with Gasteiger partial charge in [0.05, 0.1) is 13.3 Å². The lowest BCUT2D eigenvalue weighted by Crippen LogP contribution is -2.75. The van der Waals surface area contributed by atoms with Crippen LogP contribution in [-0.4, -0.2) is 47.7 Å². The minimum atomic E-state index is 0.199. The van der Waals surface area contributed by atoms with Gasteiger partial charge in [-0.25, -0.2) is 4.59 Å². The molecule has 2 fully saturated rings. The molecule has 2 saturated heterocycles. The van der Waals surface area contributed by atoms with E-state index in [4.69, 9.17) is 6.42 Å². The predicted octanol–water partition coefficient (Wildman–Crippen LogP) is 0.469. The molecule has 60 valence electrons. The van der Waals surface area contributed by atoms with Gasteiger partial charge >= 0.3 is 0 Å². The van der Waals surface area contributed by atoms with Crippen LogP contribution in [0.1, 0.15) is 0 Å². The van der Waals surface area contributed by atoms with Crippen LogP contribution in [0, 0.1) is 12.3 Å². The van der Waals surface area contributed by atoms with E-state index in [2.05, 4.69) is 29.9 Å². The molecular formula is C7H13N3P+. The van der Waals surface area contributed by atoms with E-state index < -0.39 is 0 Å². The SMILES string of the molecule is C#CC[N+]1(C)CP2CN(C)N21. The molecule has 0 bridgehead atoms. The molecule has 0 radical (unpaired) electrons. The van der Waals surface area contributed by atoms with Crippen LogP contribution in [0.2, 0.25) is 0 Å². The maximum absolute atomic E-state index is 5.30. The molecule has 0 aromatic heterocycles. The van der Waals surface area contributed by atoms with E-state index in [0.717, 1.165) is 11.1 Å². The molecule has 0 amide bonds. The highest BCUT2D eigenvalue weighted by molar-refractivity contribution is 7.56. The summed E-state index contributed by atoms with van der Waals surface area (Å²) < 4.78 is 0.943. The molecule has 0 N–H and O–H groups in total. The molecule has 2 atom stereocenters. The van der Waals surface area contributed by atoms with Crippen molar-refractivity contribution in [1.82, 2.24) is 9.90 Å². The van der Waals surface area contributed by atoms with Gasteiger partial charge in [-0.1, -0.05) is 4.89 Å². The molecule has 3 nitrogen and oxygen atoms in total. The van der Waals surface area contributed by atoms with Gasteiger partial charge in [-0.2, -0.15) is 5.01 Å². The fraction of sp³-hybridized carbons (Fsp3) is 0.714. The van der Waals surface area contributed by atoms with E-state index in [1.807, 2.05) is 0 Å². The molecule has 0 spiro atoms. The first kappa shape index (κ1) is 7.52. The highest BCUT2D eigenvalue weighted by Crippen LogP contribution is 2.63. The number of hydrogen-bond acceptors (Lipinski definition) is 2. The first-order valence-corrected chi connectivity index (χ1v) is 5.38. The molecular weight excluding hydrogens is 157 g/mol. The highest BCUT2D eigenvalue weighted by Gasteiger charge is 2.59. The summed E-state index contributed by atoms with van der Waals surface area (Å²) in [6.45, 7) is 0.836. The van der Waals surface area contributed by atoms with Gasteiger partial charge in [0.15, 0.2) is 6.54 Å². The fourth-order valence-electron chi connectivity index (χ4n) is 1.93. The van der Waals surface area contributed by atoms with Crippen molar-refractivity contribution in [2.24, 2.45) is 0 Å². The molecule has 2 unspecified atom stereocenters. The Labute approximate surface area is 68.9 Å². The first-order valence-electron chi connectivity index (χ1n) is 3.72. The predicted molar refractivity (Wildman–Crippen MR) is 46.1 cm³/mol. The average molecular weight is 170 g/mol. The van der Waals surface area contributed by atoms with E-state index in [0.29, 0.717) is 0 Å². The standard InChI is InChI=1S/C7H13N3P/c1-4-5-10(3)7-11-6-8(2)9(10)11/h1H,5-7H2,2-3H3/q+1. The van der Waals surface area contributed by atoms with Gasteiger partial charge in [0.25, 0.3) is 0 Å². The van der Waals surface area contributed by atoms with Crippen molar-refractivity contribution in [3.8, 4) is 12.3 Å². The average Bonchev–Trinajstić information content (AvgIpc) is 1.84. The van der Waals surface area contributed by atoms with Crippen LogP contribution in [-0.2, 0) is 0 Å². The van der Waals surface area contributed by atoms with Crippen molar-refractivity contribution in [3.63, 3.8) is 0 Å². The normalized spacial score (nSPS) is 43.5. The number of hydrogen-bond donors (Lipinski definition) is 0. The molecule has 2 rings (SSSR count). The summed E-state index contributed by atoms with van der Waals surface area (Å²) in [7, 11) is 4.53. The summed E-state index contributed by atoms with van der Waals surface area (Å²) in [6.07, 6.45) is 7.85. The smallest absolute Gasteiger partial charge is 0.159 e. The monoisotopic (exact) mass is 170 g/mol. The van der Waals surface area contributed by atoms with Gasteiger partial charge in [0.2, 0.25) is 0 Å². The van der Waals surface area contributed by atoms with Crippen molar-refractivity contribution >= 4 is 8.07 Å². The van der Waals surface area contributed by atoms with E-state index in [1.54, 1.807) is 0 Å². The maximum Gasteiger partial charge on any atom is 0.159 e. The third-order valence-electron chi connectivity index (χ3n) is 2.26. The second kappa shape index (κ2) is 2.18. The van der Waals surface area contributed by atoms with Crippen LogP contribution in [0.3, 0.4) is 0 Å². The number of fused-ring (bicyclic) bond motifs is 1. The summed E-state index contributed by atoms with van der Waals surface area (Å²) in [5.74, 6) is 2.73. The van der Waals surface area contributed by atoms with E-state index in [-0.39, 0.29) is 8.07 Å². The molecule has 11 heavy (non-hydrogen) atoms. The lowest BCUT2D eigenvalue weighted by atomic mass is 10.6. The number of rotatable bonds is 1. The maximum atomic E-state index is 5.30. The minimum absolute atomic E-state index is 0.199. The molecule has 4 heteroatoms. The van der Waals surface area contributed by atoms with Gasteiger partial charge in [-0.15, -0.1) is 6.42 Å². The van der Waals surface area contributed by atoms with E-state index in [1.165, 1.54) is 12.6 Å². The Morgan fingerprint density at radius 1 is 1.73 bits per heavy atom. The lowest BCUT2D eigenvalue weighted by Gasteiger charge is -2.64. The summed E-state index contributed by atoms with van der Waals surface area (Å²) in [4.78, 5) is 2.41. The molecule has 0 aliphatic carbocycles.